The molecule has 0 aliphatic carbocycles. The van der Waals surface area contributed by atoms with Crippen molar-refractivity contribution in [2.24, 2.45) is 0 Å². The molecule has 7 heteroatoms. The molecular formula is C11H16ClO5P. The van der Waals surface area contributed by atoms with Gasteiger partial charge in [0.15, 0.2) is 0 Å². The molecule has 0 saturated carbocycles. The van der Waals surface area contributed by atoms with Crippen molar-refractivity contribution in [3.63, 3.8) is 0 Å². The molecule has 0 unspecified atom stereocenters. The van der Waals surface area contributed by atoms with Crippen LogP contribution in [0, 0.1) is 0 Å². The predicted molar refractivity (Wildman–Crippen MR) is 69.2 cm³/mol. The molecule has 0 saturated heterocycles. The smallest absolute Gasteiger partial charge is 0.474 e. The maximum Gasteiger partial charge on any atom is 0.474 e. The summed E-state index contributed by atoms with van der Waals surface area (Å²) >= 11 is 5.97. The van der Waals surface area contributed by atoms with Gasteiger partial charge in [-0.1, -0.05) is 18.2 Å². The van der Waals surface area contributed by atoms with Gasteiger partial charge in [-0.05, 0) is 12.1 Å². The highest BCUT2D eigenvalue weighted by Gasteiger charge is 2.24. The van der Waals surface area contributed by atoms with Crippen molar-refractivity contribution in [1.29, 1.82) is 0 Å². The molecule has 5 nitrogen and oxygen atoms in total. The van der Waals surface area contributed by atoms with E-state index in [9.17, 15) is 4.57 Å². The number of para-hydroxylation sites is 1. The first-order valence-corrected chi connectivity index (χ1v) is 7.17. The van der Waals surface area contributed by atoms with E-state index in [1.807, 2.05) is 30.3 Å². The van der Waals surface area contributed by atoms with Crippen molar-refractivity contribution < 1.29 is 22.9 Å². The van der Waals surface area contributed by atoms with Crippen LogP contribution in [0.1, 0.15) is 0 Å². The summed E-state index contributed by atoms with van der Waals surface area (Å²) in [6.07, 6.45) is 0. The molecule has 0 heterocycles. The van der Waals surface area contributed by atoms with Gasteiger partial charge in [0.1, 0.15) is 12.4 Å². The molecule has 0 amide bonds. The largest absolute Gasteiger partial charge is 0.492 e. The fourth-order valence-corrected chi connectivity index (χ4v) is 2.04. The summed E-state index contributed by atoms with van der Waals surface area (Å²) in [7, 11) is -0.983. The fraction of sp³-hybridized carbons (Fsp3) is 0.455. The number of phosphoric ester groups is 1. The SMILES string of the molecule is COP(=O)(OC)OC[C@@H](Cl)COc1ccccc1. The van der Waals surface area contributed by atoms with Gasteiger partial charge in [0.2, 0.25) is 0 Å². The normalized spacial score (nSPS) is 13.3. The standard InChI is InChI=1S/C11H16ClO5P/c1-14-18(13,15-2)17-9-10(12)8-16-11-6-4-3-5-7-11/h3-7,10H,8-9H2,1-2H3/t10-/m0/s1. The molecule has 1 aromatic rings. The Bertz CT molecular complexity index is 378. The maximum atomic E-state index is 11.6. The van der Waals surface area contributed by atoms with E-state index in [4.69, 9.17) is 20.9 Å². The number of halogens is 1. The Morgan fingerprint density at radius 3 is 2.33 bits per heavy atom. The second kappa shape index (κ2) is 7.77. The second-order valence-corrected chi connectivity index (χ2v) is 5.83. The molecule has 0 aromatic heterocycles. The highest BCUT2D eigenvalue weighted by molar-refractivity contribution is 7.48. The lowest BCUT2D eigenvalue weighted by Gasteiger charge is -2.16. The number of hydrogen-bond acceptors (Lipinski definition) is 5. The zero-order valence-electron chi connectivity index (χ0n) is 10.2. The molecular weight excluding hydrogens is 279 g/mol. The summed E-state index contributed by atoms with van der Waals surface area (Å²) < 4.78 is 31.2. The van der Waals surface area contributed by atoms with E-state index in [1.165, 1.54) is 14.2 Å². The summed E-state index contributed by atoms with van der Waals surface area (Å²) in [6, 6.07) is 9.25. The highest BCUT2D eigenvalue weighted by atomic mass is 35.5. The Morgan fingerprint density at radius 2 is 1.78 bits per heavy atom. The topological polar surface area (TPSA) is 54.0 Å². The monoisotopic (exact) mass is 294 g/mol. The summed E-state index contributed by atoms with van der Waals surface area (Å²) in [4.78, 5) is 0. The number of phosphoric acid groups is 1. The number of benzene rings is 1. The Morgan fingerprint density at radius 1 is 1.17 bits per heavy atom. The first kappa shape index (κ1) is 15.5. The third-order valence-electron chi connectivity index (χ3n) is 2.03. The van der Waals surface area contributed by atoms with Gasteiger partial charge in [0, 0.05) is 14.2 Å². The zero-order valence-corrected chi connectivity index (χ0v) is 11.9. The second-order valence-electron chi connectivity index (χ2n) is 3.33. The average molecular weight is 295 g/mol. The van der Waals surface area contributed by atoms with E-state index in [2.05, 4.69) is 9.05 Å². The molecule has 1 aromatic carbocycles. The van der Waals surface area contributed by atoms with Crippen LogP contribution < -0.4 is 4.74 Å². The van der Waals surface area contributed by atoms with Gasteiger partial charge in [-0.2, -0.15) is 0 Å². The van der Waals surface area contributed by atoms with Crippen LogP contribution in [0.4, 0.5) is 0 Å². The lowest BCUT2D eigenvalue weighted by atomic mass is 10.3. The fourth-order valence-electron chi connectivity index (χ4n) is 1.10. The Labute approximate surface area is 112 Å². The summed E-state index contributed by atoms with van der Waals surface area (Å²) in [5.41, 5.74) is 0. The lowest BCUT2D eigenvalue weighted by molar-refractivity contribution is 0.145. The number of alkyl halides is 1. The minimum absolute atomic E-state index is 0.00729. The van der Waals surface area contributed by atoms with Crippen LogP contribution in [-0.2, 0) is 18.1 Å². The molecule has 0 aliphatic heterocycles. The third kappa shape index (κ3) is 5.38. The molecule has 102 valence electrons. The van der Waals surface area contributed by atoms with Gasteiger partial charge in [0.25, 0.3) is 0 Å². The van der Waals surface area contributed by atoms with Gasteiger partial charge in [-0.3, -0.25) is 13.6 Å². The van der Waals surface area contributed by atoms with Gasteiger partial charge >= 0.3 is 7.82 Å². The molecule has 1 rings (SSSR count). The molecule has 0 fully saturated rings. The molecule has 0 radical (unpaired) electrons. The van der Waals surface area contributed by atoms with Crippen molar-refractivity contribution in [3.05, 3.63) is 30.3 Å². The first-order chi connectivity index (χ1) is 8.59. The summed E-state index contributed by atoms with van der Waals surface area (Å²) in [5.74, 6) is 0.713. The van der Waals surface area contributed by atoms with Gasteiger partial charge < -0.3 is 4.74 Å². The zero-order chi connectivity index (χ0) is 13.4. The van der Waals surface area contributed by atoms with Crippen LogP contribution in [0.25, 0.3) is 0 Å². The first-order valence-electron chi connectivity index (χ1n) is 5.27. The lowest BCUT2D eigenvalue weighted by Crippen LogP contribution is -2.18. The predicted octanol–water partition coefficient (Wildman–Crippen LogP) is 3.09. The molecule has 1 atom stereocenters. The number of rotatable bonds is 8. The van der Waals surface area contributed by atoms with Crippen LogP contribution >= 0.6 is 19.4 Å². The van der Waals surface area contributed by atoms with E-state index in [1.54, 1.807) is 0 Å². The van der Waals surface area contributed by atoms with Crippen molar-refractivity contribution in [3.8, 4) is 5.75 Å². The van der Waals surface area contributed by atoms with Crippen LogP contribution in [0.3, 0.4) is 0 Å². The molecule has 0 aliphatic rings. The molecule has 0 bridgehead atoms. The van der Waals surface area contributed by atoms with Gasteiger partial charge in [-0.15, -0.1) is 11.6 Å². The number of hydrogen-bond donors (Lipinski definition) is 0. The quantitative estimate of drug-likeness (QED) is 0.545. The van der Waals surface area contributed by atoms with Crippen LogP contribution in [0.2, 0.25) is 0 Å². The van der Waals surface area contributed by atoms with E-state index >= 15 is 0 Å². The van der Waals surface area contributed by atoms with E-state index < -0.39 is 13.2 Å². The van der Waals surface area contributed by atoms with E-state index in [0.717, 1.165) is 0 Å². The number of ether oxygens (including phenoxy) is 1. The van der Waals surface area contributed by atoms with Crippen molar-refractivity contribution in [1.82, 2.24) is 0 Å². The Hall–Kier alpha value is -0.580. The summed E-state index contributed by atoms with van der Waals surface area (Å²) in [5, 5.41) is -0.455. The van der Waals surface area contributed by atoms with Crippen molar-refractivity contribution in [2.75, 3.05) is 27.4 Å². The molecule has 18 heavy (non-hydrogen) atoms. The maximum absolute atomic E-state index is 11.6. The highest BCUT2D eigenvalue weighted by Crippen LogP contribution is 2.47. The average Bonchev–Trinajstić information content (AvgIpc) is 2.43. The minimum Gasteiger partial charge on any atom is -0.492 e. The molecule has 0 spiro atoms. The van der Waals surface area contributed by atoms with Crippen molar-refractivity contribution >= 4 is 19.4 Å². The van der Waals surface area contributed by atoms with Crippen molar-refractivity contribution in [2.45, 2.75) is 5.38 Å². The third-order valence-corrected chi connectivity index (χ3v) is 3.65. The van der Waals surface area contributed by atoms with Gasteiger partial charge in [-0.25, -0.2) is 4.57 Å². The van der Waals surface area contributed by atoms with Crippen LogP contribution in [-0.4, -0.2) is 32.8 Å². The van der Waals surface area contributed by atoms with E-state index in [-0.39, 0.29) is 13.2 Å². The van der Waals surface area contributed by atoms with Gasteiger partial charge in [0.05, 0.1) is 12.0 Å². The van der Waals surface area contributed by atoms with Crippen LogP contribution in [0.5, 0.6) is 5.75 Å². The Kier molecular flexibility index (Phi) is 6.68. The molecule has 0 N–H and O–H groups in total. The van der Waals surface area contributed by atoms with E-state index in [0.29, 0.717) is 5.75 Å². The summed E-state index contributed by atoms with van der Waals surface area (Å²) in [6.45, 7) is 0.242. The van der Waals surface area contributed by atoms with Crippen LogP contribution in [0.15, 0.2) is 30.3 Å². The minimum atomic E-state index is -3.47. The Balaban J connectivity index is 2.30.